The number of carbonyl (C=O) groups excluding carboxylic acids is 1. The predicted molar refractivity (Wildman–Crippen MR) is 98.7 cm³/mol. The van der Waals surface area contributed by atoms with E-state index in [9.17, 15) is 4.79 Å². The molecule has 1 amide bonds. The molecule has 1 aliphatic heterocycles. The van der Waals surface area contributed by atoms with Crippen LogP contribution >= 0.6 is 0 Å². The Morgan fingerprint density at radius 2 is 2.04 bits per heavy atom. The molecule has 3 nitrogen and oxygen atoms in total. The van der Waals surface area contributed by atoms with Crippen LogP contribution in [-0.4, -0.2) is 30.1 Å². The lowest BCUT2D eigenvalue weighted by molar-refractivity contribution is -0.144. The van der Waals surface area contributed by atoms with E-state index in [1.165, 1.54) is 0 Å². The second-order valence-corrected chi connectivity index (χ2v) is 6.35. The van der Waals surface area contributed by atoms with Gasteiger partial charge in [0, 0.05) is 12.5 Å². The molecule has 0 N–H and O–H groups in total. The molecule has 1 aromatic rings. The number of benzene rings is 1. The minimum Gasteiger partial charge on any atom is -0.375 e. The van der Waals surface area contributed by atoms with Crippen molar-refractivity contribution >= 4 is 5.91 Å². The third-order valence-corrected chi connectivity index (χ3v) is 4.88. The number of piperidine rings is 1. The van der Waals surface area contributed by atoms with Gasteiger partial charge in [-0.1, -0.05) is 55.8 Å². The van der Waals surface area contributed by atoms with Crippen molar-refractivity contribution in [1.82, 2.24) is 4.90 Å². The molecule has 1 fully saturated rings. The summed E-state index contributed by atoms with van der Waals surface area (Å²) in [6, 6.07) is 10.3. The van der Waals surface area contributed by atoms with E-state index in [1.807, 2.05) is 24.3 Å². The van der Waals surface area contributed by atoms with Gasteiger partial charge in [-0.3, -0.25) is 4.79 Å². The highest BCUT2D eigenvalue weighted by Gasteiger charge is 2.38. The quantitative estimate of drug-likeness (QED) is 0.493. The number of hydrogen-bond acceptors (Lipinski definition) is 2. The lowest BCUT2D eigenvalue weighted by atomic mass is 9.83. The van der Waals surface area contributed by atoms with Crippen molar-refractivity contribution in [2.45, 2.75) is 44.7 Å². The van der Waals surface area contributed by atoms with Crippen LogP contribution in [0.3, 0.4) is 0 Å². The van der Waals surface area contributed by atoms with Crippen LogP contribution < -0.4 is 0 Å². The van der Waals surface area contributed by atoms with E-state index in [2.05, 4.69) is 37.1 Å². The summed E-state index contributed by atoms with van der Waals surface area (Å²) in [5, 5.41) is 0. The van der Waals surface area contributed by atoms with Crippen molar-refractivity contribution in [3.05, 3.63) is 61.2 Å². The lowest BCUT2D eigenvalue weighted by Crippen LogP contribution is -2.51. The molecule has 3 atom stereocenters. The first kappa shape index (κ1) is 18.5. The summed E-state index contributed by atoms with van der Waals surface area (Å²) in [7, 11) is 0. The van der Waals surface area contributed by atoms with Crippen LogP contribution in [0.15, 0.2) is 55.6 Å². The van der Waals surface area contributed by atoms with E-state index in [-0.39, 0.29) is 18.0 Å². The Morgan fingerprint density at radius 3 is 2.67 bits per heavy atom. The molecule has 0 saturated carbocycles. The van der Waals surface area contributed by atoms with Gasteiger partial charge >= 0.3 is 0 Å². The average Bonchev–Trinajstić information content (AvgIpc) is 2.61. The van der Waals surface area contributed by atoms with Crippen LogP contribution in [0.4, 0.5) is 0 Å². The number of likely N-dealkylation sites (tertiary alicyclic amines) is 1. The maximum atomic E-state index is 12.8. The molecule has 1 saturated heterocycles. The minimum absolute atomic E-state index is 0.0575. The zero-order chi connectivity index (χ0) is 17.4. The molecule has 24 heavy (non-hydrogen) atoms. The van der Waals surface area contributed by atoms with Gasteiger partial charge in [0.15, 0.2) is 0 Å². The number of ether oxygens (including phenoxy) is 1. The largest absolute Gasteiger partial charge is 0.375 e. The highest BCUT2D eigenvalue weighted by molar-refractivity contribution is 5.78. The van der Waals surface area contributed by atoms with Crippen LogP contribution in [0.1, 0.15) is 44.2 Å². The molecule has 3 heteroatoms. The van der Waals surface area contributed by atoms with Gasteiger partial charge in [0.05, 0.1) is 19.3 Å². The smallest absolute Gasteiger partial charge is 0.223 e. The number of carbonyl (C=O) groups is 1. The fraction of sp³-hybridized carbons (Fsp3) is 0.476. The predicted octanol–water partition coefficient (Wildman–Crippen LogP) is 4.52. The summed E-state index contributed by atoms with van der Waals surface area (Å²) in [5.74, 6) is 0.744. The van der Waals surface area contributed by atoms with E-state index in [0.717, 1.165) is 24.8 Å². The standard InChI is InChI=1S/C21H29NO2/c1-4-10-19-17(6-3)13-14-21(23)22(19)20(16-24-15-5-2)18-11-8-7-9-12-18/h4-5,7-9,11-12,17,19-20H,1-2,6,10,13-16H2,3H3/t17-,19-,20+/m0/s1. The van der Waals surface area contributed by atoms with Gasteiger partial charge in [-0.25, -0.2) is 0 Å². The Bertz CT molecular complexity index is 540. The molecule has 0 bridgehead atoms. The maximum Gasteiger partial charge on any atom is 0.223 e. The normalized spacial score (nSPS) is 22.2. The van der Waals surface area contributed by atoms with Crippen molar-refractivity contribution < 1.29 is 9.53 Å². The van der Waals surface area contributed by atoms with Crippen molar-refractivity contribution in [2.24, 2.45) is 5.92 Å². The van der Waals surface area contributed by atoms with Crippen LogP contribution in [0.2, 0.25) is 0 Å². The SMILES string of the molecule is C=CCOC[C@H](c1ccccc1)N1C(=O)CC[C@H](CC)[C@@H]1CC=C. The molecule has 0 radical (unpaired) electrons. The second-order valence-electron chi connectivity index (χ2n) is 6.35. The molecular weight excluding hydrogens is 298 g/mol. The topological polar surface area (TPSA) is 29.5 Å². The highest BCUT2D eigenvalue weighted by atomic mass is 16.5. The monoisotopic (exact) mass is 327 g/mol. The molecular formula is C21H29NO2. The molecule has 2 rings (SSSR count). The lowest BCUT2D eigenvalue weighted by Gasteiger charge is -2.45. The van der Waals surface area contributed by atoms with Crippen molar-refractivity contribution in [3.8, 4) is 0 Å². The fourth-order valence-electron chi connectivity index (χ4n) is 3.68. The third kappa shape index (κ3) is 4.35. The van der Waals surface area contributed by atoms with Gasteiger partial charge in [0.1, 0.15) is 0 Å². The van der Waals surface area contributed by atoms with E-state index >= 15 is 0 Å². The summed E-state index contributed by atoms with van der Waals surface area (Å²) in [4.78, 5) is 14.9. The first-order chi connectivity index (χ1) is 11.7. The third-order valence-electron chi connectivity index (χ3n) is 4.88. The van der Waals surface area contributed by atoms with Crippen LogP contribution in [0.5, 0.6) is 0 Å². The molecule has 0 aliphatic carbocycles. The highest BCUT2D eigenvalue weighted by Crippen LogP contribution is 2.36. The summed E-state index contributed by atoms with van der Waals surface area (Å²) in [5.41, 5.74) is 1.13. The van der Waals surface area contributed by atoms with E-state index in [4.69, 9.17) is 4.74 Å². The first-order valence-electron chi connectivity index (χ1n) is 8.88. The van der Waals surface area contributed by atoms with Crippen molar-refractivity contribution in [2.75, 3.05) is 13.2 Å². The number of hydrogen-bond donors (Lipinski definition) is 0. The maximum absolute atomic E-state index is 12.8. The van der Waals surface area contributed by atoms with Crippen LogP contribution in [-0.2, 0) is 9.53 Å². The van der Waals surface area contributed by atoms with Gasteiger partial charge in [0.25, 0.3) is 0 Å². The molecule has 1 aliphatic rings. The molecule has 1 heterocycles. The summed E-state index contributed by atoms with van der Waals surface area (Å²) < 4.78 is 5.76. The van der Waals surface area contributed by atoms with Gasteiger partial charge in [-0.2, -0.15) is 0 Å². The second kappa shape index (κ2) is 9.43. The number of amides is 1. The Morgan fingerprint density at radius 1 is 1.29 bits per heavy atom. The van der Waals surface area contributed by atoms with Crippen LogP contribution in [0, 0.1) is 5.92 Å². The summed E-state index contributed by atoms with van der Waals surface area (Å²) >= 11 is 0. The first-order valence-corrected chi connectivity index (χ1v) is 8.88. The van der Waals surface area contributed by atoms with Gasteiger partial charge in [0.2, 0.25) is 5.91 Å². The van der Waals surface area contributed by atoms with E-state index in [1.54, 1.807) is 6.08 Å². The molecule has 130 valence electrons. The summed E-state index contributed by atoms with van der Waals surface area (Å²) in [6.07, 6.45) is 7.18. The molecule has 0 aromatic heterocycles. The van der Waals surface area contributed by atoms with Gasteiger partial charge < -0.3 is 9.64 Å². The number of nitrogens with zero attached hydrogens (tertiary/aromatic N) is 1. The van der Waals surface area contributed by atoms with Crippen LogP contribution in [0.25, 0.3) is 0 Å². The molecule has 0 unspecified atom stereocenters. The summed E-state index contributed by atoms with van der Waals surface area (Å²) in [6.45, 7) is 10.8. The Labute approximate surface area is 146 Å². The molecule has 1 aromatic carbocycles. The molecule has 0 spiro atoms. The van der Waals surface area contributed by atoms with E-state index < -0.39 is 0 Å². The van der Waals surface area contributed by atoms with Gasteiger partial charge in [-0.15, -0.1) is 13.2 Å². The Balaban J connectivity index is 2.33. The van der Waals surface area contributed by atoms with E-state index in [0.29, 0.717) is 25.6 Å². The fourth-order valence-corrected chi connectivity index (χ4v) is 3.68. The zero-order valence-electron chi connectivity index (χ0n) is 14.7. The van der Waals surface area contributed by atoms with Crippen molar-refractivity contribution in [3.63, 3.8) is 0 Å². The van der Waals surface area contributed by atoms with Gasteiger partial charge in [-0.05, 0) is 24.3 Å². The minimum atomic E-state index is -0.0575. The van der Waals surface area contributed by atoms with Crippen molar-refractivity contribution in [1.29, 1.82) is 0 Å². The number of rotatable bonds is 9. The zero-order valence-corrected chi connectivity index (χ0v) is 14.7. The average molecular weight is 327 g/mol. The Hall–Kier alpha value is -1.87. The Kier molecular flexibility index (Phi) is 7.26.